The van der Waals surface area contributed by atoms with Crippen molar-refractivity contribution in [2.75, 3.05) is 23.7 Å². The first kappa shape index (κ1) is 9.98. The highest BCUT2D eigenvalue weighted by molar-refractivity contribution is 7.19. The molecule has 0 saturated heterocycles. The fourth-order valence-electron chi connectivity index (χ4n) is 0.781. The summed E-state index contributed by atoms with van der Waals surface area (Å²) in [5, 5.41) is 15.9. The van der Waals surface area contributed by atoms with E-state index in [4.69, 9.17) is 0 Å². The zero-order chi connectivity index (χ0) is 9.52. The van der Waals surface area contributed by atoms with Crippen LogP contribution >= 0.6 is 11.3 Å². The first-order chi connectivity index (χ1) is 6.36. The predicted octanol–water partition coefficient (Wildman–Crippen LogP) is 1.96. The summed E-state index contributed by atoms with van der Waals surface area (Å²) in [6.45, 7) is 5.71. The smallest absolute Gasteiger partial charge is 0.207 e. The Morgan fingerprint density at radius 3 is 2.62 bits per heavy atom. The molecule has 0 atom stereocenters. The van der Waals surface area contributed by atoms with Crippen molar-refractivity contribution < 1.29 is 0 Å². The third-order valence-corrected chi connectivity index (χ3v) is 2.20. The Morgan fingerprint density at radius 2 is 2.00 bits per heavy atom. The minimum absolute atomic E-state index is 0.803. The topological polar surface area (TPSA) is 49.8 Å². The van der Waals surface area contributed by atoms with Crippen LogP contribution in [0.1, 0.15) is 13.8 Å². The fraction of sp³-hybridized carbons (Fsp3) is 0.500. The van der Waals surface area contributed by atoms with Crippen molar-refractivity contribution in [1.82, 2.24) is 10.2 Å². The lowest BCUT2D eigenvalue weighted by Crippen LogP contribution is -1.96. The summed E-state index contributed by atoms with van der Waals surface area (Å²) in [4.78, 5) is 0. The molecule has 0 fully saturated rings. The molecular formula is C8H14N4S. The summed E-state index contributed by atoms with van der Waals surface area (Å²) in [5.41, 5.74) is 0. The van der Waals surface area contributed by atoms with Gasteiger partial charge in [0, 0.05) is 13.1 Å². The van der Waals surface area contributed by atoms with Gasteiger partial charge in [0.05, 0.1) is 0 Å². The number of hydrogen-bond acceptors (Lipinski definition) is 5. The number of nitrogens with one attached hydrogen (secondary N) is 2. The van der Waals surface area contributed by atoms with Gasteiger partial charge in [-0.3, -0.25) is 0 Å². The maximum Gasteiger partial charge on any atom is 0.207 e. The Balaban J connectivity index is 2.39. The highest BCUT2D eigenvalue weighted by Crippen LogP contribution is 2.18. The summed E-state index contributed by atoms with van der Waals surface area (Å²) >= 11 is 1.53. The van der Waals surface area contributed by atoms with Crippen molar-refractivity contribution in [3.63, 3.8) is 0 Å². The molecule has 1 heterocycles. The van der Waals surface area contributed by atoms with E-state index in [1.807, 2.05) is 26.0 Å². The van der Waals surface area contributed by atoms with E-state index in [0.29, 0.717) is 0 Å². The van der Waals surface area contributed by atoms with Crippen LogP contribution in [-0.4, -0.2) is 23.3 Å². The molecule has 0 radical (unpaired) electrons. The molecule has 1 rings (SSSR count). The van der Waals surface area contributed by atoms with Gasteiger partial charge < -0.3 is 10.6 Å². The molecule has 0 aliphatic heterocycles. The summed E-state index contributed by atoms with van der Waals surface area (Å²) in [6, 6.07) is 0. The lowest BCUT2D eigenvalue weighted by Gasteiger charge is -1.94. The molecule has 0 aliphatic carbocycles. The Hall–Kier alpha value is -1.10. The van der Waals surface area contributed by atoms with Crippen LogP contribution in [0.3, 0.4) is 0 Å². The van der Waals surface area contributed by atoms with Gasteiger partial charge in [-0.25, -0.2) is 0 Å². The van der Waals surface area contributed by atoms with Crippen LogP contribution in [-0.2, 0) is 0 Å². The maximum absolute atomic E-state index is 3.97. The average molecular weight is 198 g/mol. The third-order valence-electron chi connectivity index (χ3n) is 1.36. The van der Waals surface area contributed by atoms with Gasteiger partial charge in [0.1, 0.15) is 0 Å². The first-order valence-corrected chi connectivity index (χ1v) is 5.11. The molecule has 13 heavy (non-hydrogen) atoms. The molecular weight excluding hydrogens is 184 g/mol. The number of hydrogen-bond donors (Lipinski definition) is 2. The van der Waals surface area contributed by atoms with E-state index in [9.17, 15) is 0 Å². The average Bonchev–Trinajstić information content (AvgIpc) is 2.54. The van der Waals surface area contributed by atoms with E-state index < -0.39 is 0 Å². The van der Waals surface area contributed by atoms with Gasteiger partial charge in [0.15, 0.2) is 0 Å². The predicted molar refractivity (Wildman–Crippen MR) is 57.4 cm³/mol. The number of rotatable bonds is 5. The molecule has 4 nitrogen and oxygen atoms in total. The Labute approximate surface area is 82.1 Å². The Morgan fingerprint density at radius 1 is 1.31 bits per heavy atom. The van der Waals surface area contributed by atoms with Crippen molar-refractivity contribution in [1.29, 1.82) is 0 Å². The van der Waals surface area contributed by atoms with Crippen molar-refractivity contribution in [2.45, 2.75) is 13.8 Å². The lowest BCUT2D eigenvalue weighted by atomic mass is 10.5. The monoisotopic (exact) mass is 198 g/mol. The quantitative estimate of drug-likeness (QED) is 0.710. The lowest BCUT2D eigenvalue weighted by molar-refractivity contribution is 1.06. The second kappa shape index (κ2) is 5.53. The molecule has 5 heteroatoms. The van der Waals surface area contributed by atoms with Gasteiger partial charge >= 0.3 is 0 Å². The highest BCUT2D eigenvalue weighted by Gasteiger charge is 1.99. The molecule has 0 spiro atoms. The second-order valence-corrected chi connectivity index (χ2v) is 3.37. The molecule has 1 aromatic rings. The third kappa shape index (κ3) is 3.42. The van der Waals surface area contributed by atoms with Crippen molar-refractivity contribution in [3.8, 4) is 0 Å². The fourth-order valence-corrected chi connectivity index (χ4v) is 1.50. The first-order valence-electron chi connectivity index (χ1n) is 4.29. The van der Waals surface area contributed by atoms with E-state index in [0.717, 1.165) is 23.4 Å². The second-order valence-electron chi connectivity index (χ2n) is 2.39. The largest absolute Gasteiger partial charge is 0.360 e. The van der Waals surface area contributed by atoms with Gasteiger partial charge in [0.25, 0.3) is 0 Å². The van der Waals surface area contributed by atoms with Gasteiger partial charge in [-0.15, -0.1) is 10.2 Å². The van der Waals surface area contributed by atoms with Crippen LogP contribution in [0, 0.1) is 0 Å². The molecule has 1 aromatic heterocycles. The van der Waals surface area contributed by atoms with E-state index in [1.54, 1.807) is 0 Å². The van der Waals surface area contributed by atoms with Crippen molar-refractivity contribution in [2.24, 2.45) is 0 Å². The maximum atomic E-state index is 3.97. The Kier molecular flexibility index (Phi) is 4.25. The number of aromatic nitrogens is 2. The van der Waals surface area contributed by atoms with E-state index in [1.165, 1.54) is 11.3 Å². The zero-order valence-electron chi connectivity index (χ0n) is 7.87. The van der Waals surface area contributed by atoms with Gasteiger partial charge in [-0.1, -0.05) is 23.5 Å². The molecule has 0 unspecified atom stereocenters. The number of allylic oxidation sites excluding steroid dienone is 1. The van der Waals surface area contributed by atoms with Gasteiger partial charge in [-0.2, -0.15) is 0 Å². The molecule has 0 saturated carbocycles. The molecule has 0 aromatic carbocycles. The standard InChI is InChI=1S/C8H14N4S/c1-3-5-6-10-8-12-11-7(13-8)9-4-2/h3,5H,4,6H2,1-2H3,(H,9,11)(H,10,12). The molecule has 0 aliphatic rings. The van der Waals surface area contributed by atoms with E-state index in [2.05, 4.69) is 20.8 Å². The zero-order valence-corrected chi connectivity index (χ0v) is 8.69. The number of nitrogens with zero attached hydrogens (tertiary/aromatic N) is 2. The Bertz CT molecular complexity index is 269. The van der Waals surface area contributed by atoms with Crippen LogP contribution in [0.15, 0.2) is 12.2 Å². The van der Waals surface area contributed by atoms with Crippen LogP contribution < -0.4 is 10.6 Å². The van der Waals surface area contributed by atoms with Crippen molar-refractivity contribution in [3.05, 3.63) is 12.2 Å². The van der Waals surface area contributed by atoms with Crippen LogP contribution in [0.4, 0.5) is 10.3 Å². The normalized spacial score (nSPS) is 10.6. The van der Waals surface area contributed by atoms with Crippen molar-refractivity contribution >= 4 is 21.6 Å². The molecule has 72 valence electrons. The van der Waals surface area contributed by atoms with Gasteiger partial charge in [0.2, 0.25) is 10.3 Å². The summed E-state index contributed by atoms with van der Waals surface area (Å²) in [5.74, 6) is 0. The van der Waals surface area contributed by atoms with Gasteiger partial charge in [-0.05, 0) is 13.8 Å². The van der Waals surface area contributed by atoms with E-state index >= 15 is 0 Å². The van der Waals surface area contributed by atoms with Crippen LogP contribution in [0.5, 0.6) is 0 Å². The molecule has 0 bridgehead atoms. The number of anilines is 2. The van der Waals surface area contributed by atoms with E-state index in [-0.39, 0.29) is 0 Å². The minimum atomic E-state index is 0.803. The highest BCUT2D eigenvalue weighted by atomic mass is 32.1. The van der Waals surface area contributed by atoms with Crippen LogP contribution in [0.25, 0.3) is 0 Å². The summed E-state index contributed by atoms with van der Waals surface area (Å²) in [7, 11) is 0. The SMILES string of the molecule is CC=CCNc1nnc(NCC)s1. The summed E-state index contributed by atoms with van der Waals surface area (Å²) in [6.07, 6.45) is 4.04. The summed E-state index contributed by atoms with van der Waals surface area (Å²) < 4.78 is 0. The minimum Gasteiger partial charge on any atom is -0.360 e. The van der Waals surface area contributed by atoms with Crippen LogP contribution in [0.2, 0.25) is 0 Å². The molecule has 0 amide bonds. The molecule has 2 N–H and O–H groups in total.